The van der Waals surface area contributed by atoms with Crippen LogP contribution in [0.3, 0.4) is 0 Å². The van der Waals surface area contributed by atoms with Gasteiger partial charge in [0.2, 0.25) is 5.91 Å². The molecule has 0 fully saturated rings. The lowest BCUT2D eigenvalue weighted by atomic mass is 10.3. The number of nitrogen functional groups attached to an aromatic ring is 1. The third-order valence-corrected chi connectivity index (χ3v) is 4.40. The smallest absolute Gasteiger partial charge is 0.236 e. The van der Waals surface area contributed by atoms with Crippen molar-refractivity contribution in [3.05, 3.63) is 34.3 Å². The Balaban J connectivity index is 1.88. The van der Waals surface area contributed by atoms with E-state index in [9.17, 15) is 4.79 Å². The molecular weight excluding hydrogens is 302 g/mol. The van der Waals surface area contributed by atoms with Crippen LogP contribution >= 0.6 is 34.7 Å². The highest BCUT2D eigenvalue weighted by Gasteiger charge is 2.07. The molecule has 3 N–H and O–H groups in total. The molecule has 0 unspecified atom stereocenters. The molecule has 19 heavy (non-hydrogen) atoms. The second kappa shape index (κ2) is 6.27. The van der Waals surface area contributed by atoms with E-state index in [4.69, 9.17) is 17.3 Å². The van der Waals surface area contributed by atoms with Crippen molar-refractivity contribution >= 4 is 51.4 Å². The maximum absolute atomic E-state index is 11.7. The van der Waals surface area contributed by atoms with E-state index in [1.807, 2.05) is 18.4 Å². The zero-order valence-electron chi connectivity index (χ0n) is 10.1. The van der Waals surface area contributed by atoms with Gasteiger partial charge in [0.25, 0.3) is 0 Å². The molecule has 0 saturated heterocycles. The minimum Gasteiger partial charge on any atom is -0.398 e. The Morgan fingerprint density at radius 1 is 1.58 bits per heavy atom. The van der Waals surface area contributed by atoms with E-state index in [1.54, 1.807) is 12.1 Å². The number of nitrogens with two attached hydrogens (primary N) is 1. The summed E-state index contributed by atoms with van der Waals surface area (Å²) in [6, 6.07) is 5.32. The second-order valence-electron chi connectivity index (χ2n) is 3.81. The fraction of sp³-hybridized carbons (Fsp3) is 0.167. The molecule has 0 radical (unpaired) electrons. The van der Waals surface area contributed by atoms with Crippen molar-refractivity contribution in [2.75, 3.05) is 16.8 Å². The molecule has 7 heteroatoms. The van der Waals surface area contributed by atoms with Gasteiger partial charge in [0.15, 0.2) is 5.13 Å². The monoisotopic (exact) mass is 313 g/mol. The van der Waals surface area contributed by atoms with Crippen LogP contribution in [0.1, 0.15) is 5.69 Å². The highest BCUT2D eigenvalue weighted by molar-refractivity contribution is 8.00. The Labute approximate surface area is 124 Å². The fourth-order valence-electron chi connectivity index (χ4n) is 1.31. The molecule has 2 rings (SSSR count). The first-order chi connectivity index (χ1) is 9.04. The highest BCUT2D eigenvalue weighted by atomic mass is 35.5. The minimum atomic E-state index is -0.0905. The maximum atomic E-state index is 11.7. The van der Waals surface area contributed by atoms with E-state index < -0.39 is 0 Å². The molecule has 2 aromatic rings. The van der Waals surface area contributed by atoms with Crippen molar-refractivity contribution in [2.24, 2.45) is 0 Å². The topological polar surface area (TPSA) is 68.0 Å². The zero-order valence-corrected chi connectivity index (χ0v) is 12.5. The lowest BCUT2D eigenvalue weighted by Gasteiger charge is -2.04. The molecule has 1 aromatic heterocycles. The molecule has 1 aromatic carbocycles. The van der Waals surface area contributed by atoms with Gasteiger partial charge in [-0.2, -0.15) is 0 Å². The Morgan fingerprint density at radius 2 is 2.37 bits per heavy atom. The van der Waals surface area contributed by atoms with E-state index in [0.29, 0.717) is 21.6 Å². The van der Waals surface area contributed by atoms with Crippen molar-refractivity contribution in [2.45, 2.75) is 11.8 Å². The van der Waals surface area contributed by atoms with Gasteiger partial charge in [-0.3, -0.25) is 4.79 Å². The molecule has 4 nitrogen and oxygen atoms in total. The fourth-order valence-corrected chi connectivity index (χ4v) is 3.00. The predicted octanol–water partition coefficient (Wildman–Crippen LogP) is 3.42. The number of aryl methyl sites for hydroxylation is 1. The van der Waals surface area contributed by atoms with E-state index in [0.717, 1.165) is 10.6 Å². The number of aromatic nitrogens is 1. The molecule has 0 spiro atoms. The number of thiazole rings is 1. The van der Waals surface area contributed by atoms with Gasteiger partial charge in [-0.1, -0.05) is 11.6 Å². The quantitative estimate of drug-likeness (QED) is 0.670. The van der Waals surface area contributed by atoms with Crippen LogP contribution in [0, 0.1) is 6.92 Å². The molecule has 0 aliphatic heterocycles. The van der Waals surface area contributed by atoms with Crippen LogP contribution in [0.25, 0.3) is 0 Å². The zero-order chi connectivity index (χ0) is 13.8. The summed E-state index contributed by atoms with van der Waals surface area (Å²) in [5.74, 6) is 0.214. The van der Waals surface area contributed by atoms with Gasteiger partial charge in [-0.25, -0.2) is 4.98 Å². The SMILES string of the molecule is Cc1csc(NC(=O)CSc2ccc(N)c(Cl)c2)n1. The number of benzene rings is 1. The molecule has 0 bridgehead atoms. The maximum Gasteiger partial charge on any atom is 0.236 e. The van der Waals surface area contributed by atoms with Crippen molar-refractivity contribution in [1.82, 2.24) is 4.98 Å². The second-order valence-corrected chi connectivity index (χ2v) is 6.13. The summed E-state index contributed by atoms with van der Waals surface area (Å²) in [5, 5.41) is 5.76. The van der Waals surface area contributed by atoms with Crippen LogP contribution in [0.15, 0.2) is 28.5 Å². The van der Waals surface area contributed by atoms with Crippen molar-refractivity contribution in [3.8, 4) is 0 Å². The number of hydrogen-bond donors (Lipinski definition) is 2. The summed E-state index contributed by atoms with van der Waals surface area (Å²) in [6.45, 7) is 1.89. The summed E-state index contributed by atoms with van der Waals surface area (Å²) in [5.41, 5.74) is 7.06. The Hall–Kier alpha value is -1.24. The number of hydrogen-bond acceptors (Lipinski definition) is 5. The first-order valence-corrected chi connectivity index (χ1v) is 7.69. The number of carbonyl (C=O) groups excluding carboxylic acids is 1. The van der Waals surface area contributed by atoms with E-state index in [1.165, 1.54) is 23.1 Å². The predicted molar refractivity (Wildman–Crippen MR) is 82.1 cm³/mol. The highest BCUT2D eigenvalue weighted by Crippen LogP contribution is 2.26. The van der Waals surface area contributed by atoms with Crippen molar-refractivity contribution in [1.29, 1.82) is 0 Å². The summed E-state index contributed by atoms with van der Waals surface area (Å²) in [4.78, 5) is 16.8. The summed E-state index contributed by atoms with van der Waals surface area (Å²) in [6.07, 6.45) is 0. The number of anilines is 2. The van der Waals surface area contributed by atoms with Crippen LogP contribution in [0.4, 0.5) is 10.8 Å². The average molecular weight is 314 g/mol. The molecule has 1 heterocycles. The Morgan fingerprint density at radius 3 is 3.00 bits per heavy atom. The normalized spacial score (nSPS) is 10.4. The van der Waals surface area contributed by atoms with Crippen LogP contribution in [-0.4, -0.2) is 16.6 Å². The number of halogens is 1. The number of thioether (sulfide) groups is 1. The van der Waals surface area contributed by atoms with Gasteiger partial charge in [0.1, 0.15) is 0 Å². The first-order valence-electron chi connectivity index (χ1n) is 5.44. The van der Waals surface area contributed by atoms with Gasteiger partial charge in [-0.15, -0.1) is 23.1 Å². The van der Waals surface area contributed by atoms with E-state index in [-0.39, 0.29) is 5.91 Å². The number of nitrogens with one attached hydrogen (secondary N) is 1. The first kappa shape index (κ1) is 14.2. The number of carbonyl (C=O) groups is 1. The van der Waals surface area contributed by atoms with Gasteiger partial charge < -0.3 is 11.1 Å². The van der Waals surface area contributed by atoms with Crippen LogP contribution in [0.2, 0.25) is 5.02 Å². The number of amides is 1. The number of rotatable bonds is 4. The van der Waals surface area contributed by atoms with Crippen molar-refractivity contribution in [3.63, 3.8) is 0 Å². The minimum absolute atomic E-state index is 0.0905. The van der Waals surface area contributed by atoms with E-state index >= 15 is 0 Å². The number of nitrogens with zero attached hydrogens (tertiary/aromatic N) is 1. The van der Waals surface area contributed by atoms with Crippen molar-refractivity contribution < 1.29 is 4.79 Å². The molecule has 0 aliphatic carbocycles. The van der Waals surface area contributed by atoms with Crippen LogP contribution in [-0.2, 0) is 4.79 Å². The van der Waals surface area contributed by atoms with Gasteiger partial charge >= 0.3 is 0 Å². The molecule has 100 valence electrons. The van der Waals surface area contributed by atoms with Crippen LogP contribution in [0.5, 0.6) is 0 Å². The lowest BCUT2D eigenvalue weighted by Crippen LogP contribution is -2.13. The van der Waals surface area contributed by atoms with Gasteiger partial charge in [0.05, 0.1) is 22.2 Å². The summed E-state index contributed by atoms with van der Waals surface area (Å²) < 4.78 is 0. The molecule has 1 amide bonds. The summed E-state index contributed by atoms with van der Waals surface area (Å²) in [7, 11) is 0. The standard InChI is InChI=1S/C12H12ClN3OS2/c1-7-5-19-12(15-7)16-11(17)6-18-8-2-3-10(14)9(13)4-8/h2-5H,6,14H2,1H3,(H,15,16,17). The molecule has 0 saturated carbocycles. The van der Waals surface area contributed by atoms with Gasteiger partial charge in [0, 0.05) is 10.3 Å². The lowest BCUT2D eigenvalue weighted by molar-refractivity contribution is -0.113. The average Bonchev–Trinajstić information content (AvgIpc) is 2.76. The van der Waals surface area contributed by atoms with E-state index in [2.05, 4.69) is 10.3 Å². The molecular formula is C12H12ClN3OS2. The summed E-state index contributed by atoms with van der Waals surface area (Å²) >= 11 is 8.73. The molecule has 0 aliphatic rings. The third-order valence-electron chi connectivity index (χ3n) is 2.21. The largest absolute Gasteiger partial charge is 0.398 e. The Kier molecular flexibility index (Phi) is 4.68. The van der Waals surface area contributed by atoms with Gasteiger partial charge in [-0.05, 0) is 25.1 Å². The molecule has 0 atom stereocenters. The Bertz CT molecular complexity index is 600. The van der Waals surface area contributed by atoms with Crippen LogP contribution < -0.4 is 11.1 Å². The third kappa shape index (κ3) is 4.12.